The van der Waals surface area contributed by atoms with Gasteiger partial charge in [0.05, 0.1) is 11.1 Å². The van der Waals surface area contributed by atoms with Gasteiger partial charge in [-0.15, -0.1) is 0 Å². The van der Waals surface area contributed by atoms with Gasteiger partial charge < -0.3 is 10.1 Å². The predicted molar refractivity (Wildman–Crippen MR) is 115 cm³/mol. The Labute approximate surface area is 182 Å². The van der Waals surface area contributed by atoms with E-state index in [-0.39, 0.29) is 27.4 Å². The molecule has 4 rings (SSSR count). The zero-order chi connectivity index (χ0) is 21.5. The quantitative estimate of drug-likeness (QED) is 0.762. The first-order valence-corrected chi connectivity index (χ1v) is 11.9. The van der Waals surface area contributed by atoms with E-state index >= 15 is 0 Å². The van der Waals surface area contributed by atoms with Gasteiger partial charge in [-0.25, -0.2) is 8.42 Å². The second-order valence-electron chi connectivity index (χ2n) is 8.39. The highest BCUT2D eigenvalue weighted by Crippen LogP contribution is 2.39. The number of halogens is 1. The number of carbonyl (C=O) groups excluding carboxylic acids is 1. The van der Waals surface area contributed by atoms with Crippen LogP contribution in [0.3, 0.4) is 0 Å². The zero-order valence-corrected chi connectivity index (χ0v) is 18.6. The van der Waals surface area contributed by atoms with Crippen LogP contribution in [0.1, 0.15) is 55.1 Å². The average molecular weight is 449 g/mol. The first-order chi connectivity index (χ1) is 14.2. The van der Waals surface area contributed by atoms with Crippen molar-refractivity contribution >= 4 is 27.5 Å². The molecular formula is C22H25ClN2O4S. The fraction of sp³-hybridized carbons (Fsp3) is 0.409. The lowest BCUT2D eigenvalue weighted by Gasteiger charge is -2.37. The molecule has 2 aromatic rings. The molecular weight excluding hydrogens is 424 g/mol. The topological polar surface area (TPSA) is 75.7 Å². The van der Waals surface area contributed by atoms with Crippen LogP contribution in [0.25, 0.3) is 0 Å². The van der Waals surface area contributed by atoms with Crippen LogP contribution < -0.4 is 10.1 Å². The zero-order valence-electron chi connectivity index (χ0n) is 17.0. The summed E-state index contributed by atoms with van der Waals surface area (Å²) in [5, 5.41) is 3.17. The molecule has 0 bridgehead atoms. The maximum atomic E-state index is 13.0. The molecule has 2 aromatic carbocycles. The first-order valence-electron chi connectivity index (χ1n) is 10.1. The van der Waals surface area contributed by atoms with Crippen molar-refractivity contribution in [1.29, 1.82) is 0 Å². The van der Waals surface area contributed by atoms with Gasteiger partial charge in [0.15, 0.2) is 0 Å². The maximum absolute atomic E-state index is 13.0. The normalized spacial score (nSPS) is 21.0. The van der Waals surface area contributed by atoms with Crippen molar-refractivity contribution in [2.75, 3.05) is 13.1 Å². The summed E-state index contributed by atoms with van der Waals surface area (Å²) in [7, 11) is -3.72. The van der Waals surface area contributed by atoms with E-state index in [1.165, 1.54) is 16.4 Å². The Balaban J connectivity index is 1.62. The molecule has 1 saturated heterocycles. The molecule has 2 aliphatic rings. The minimum atomic E-state index is -3.72. The van der Waals surface area contributed by atoms with Gasteiger partial charge in [-0.2, -0.15) is 4.31 Å². The summed E-state index contributed by atoms with van der Waals surface area (Å²) < 4.78 is 33.4. The molecule has 30 heavy (non-hydrogen) atoms. The number of amides is 1. The lowest BCUT2D eigenvalue weighted by atomic mass is 9.89. The smallest absolute Gasteiger partial charge is 0.251 e. The minimum Gasteiger partial charge on any atom is -0.487 e. The molecule has 0 spiro atoms. The maximum Gasteiger partial charge on any atom is 0.251 e. The van der Waals surface area contributed by atoms with Gasteiger partial charge in [-0.3, -0.25) is 4.79 Å². The highest BCUT2D eigenvalue weighted by molar-refractivity contribution is 7.89. The molecule has 160 valence electrons. The largest absolute Gasteiger partial charge is 0.487 e. The summed E-state index contributed by atoms with van der Waals surface area (Å²) in [5.74, 6) is 0.398. The lowest BCUT2D eigenvalue weighted by Crippen LogP contribution is -2.41. The Morgan fingerprint density at radius 2 is 1.87 bits per heavy atom. The summed E-state index contributed by atoms with van der Waals surface area (Å²) >= 11 is 6.21. The third-order valence-corrected chi connectivity index (χ3v) is 7.94. The number of para-hydroxylation sites is 1. The van der Waals surface area contributed by atoms with E-state index in [4.69, 9.17) is 16.3 Å². The van der Waals surface area contributed by atoms with Gasteiger partial charge in [0, 0.05) is 30.6 Å². The monoisotopic (exact) mass is 448 g/mol. The fourth-order valence-electron chi connectivity index (χ4n) is 4.08. The fourth-order valence-corrected chi connectivity index (χ4v) is 6.10. The van der Waals surface area contributed by atoms with Crippen molar-refractivity contribution in [3.8, 4) is 5.75 Å². The van der Waals surface area contributed by atoms with Gasteiger partial charge in [0.25, 0.3) is 5.91 Å². The average Bonchev–Trinajstić information content (AvgIpc) is 3.23. The molecule has 0 saturated carbocycles. The van der Waals surface area contributed by atoms with Crippen molar-refractivity contribution in [3.63, 3.8) is 0 Å². The lowest BCUT2D eigenvalue weighted by molar-refractivity contribution is 0.0619. The molecule has 1 fully saturated rings. The van der Waals surface area contributed by atoms with E-state index in [0.29, 0.717) is 19.5 Å². The number of benzene rings is 2. The molecule has 0 aliphatic carbocycles. The van der Waals surface area contributed by atoms with Gasteiger partial charge in [-0.1, -0.05) is 29.8 Å². The Morgan fingerprint density at radius 3 is 2.60 bits per heavy atom. The molecule has 1 atom stereocenters. The second kappa shape index (κ2) is 7.87. The van der Waals surface area contributed by atoms with E-state index in [1.807, 2.05) is 38.1 Å². The van der Waals surface area contributed by atoms with Crippen molar-refractivity contribution in [2.24, 2.45) is 0 Å². The Hall–Kier alpha value is -2.09. The molecule has 2 aliphatic heterocycles. The van der Waals surface area contributed by atoms with E-state index < -0.39 is 15.6 Å². The van der Waals surface area contributed by atoms with Crippen LogP contribution in [0.15, 0.2) is 47.4 Å². The van der Waals surface area contributed by atoms with E-state index in [0.717, 1.165) is 24.2 Å². The molecule has 1 amide bonds. The van der Waals surface area contributed by atoms with Crippen LogP contribution in [-0.4, -0.2) is 37.3 Å². The molecule has 0 unspecified atom stereocenters. The number of sulfonamides is 1. The highest BCUT2D eigenvalue weighted by Gasteiger charge is 2.35. The number of ether oxygens (including phenoxy) is 1. The van der Waals surface area contributed by atoms with Gasteiger partial charge in [0.1, 0.15) is 16.2 Å². The number of rotatable bonds is 4. The third-order valence-electron chi connectivity index (χ3n) is 5.56. The van der Waals surface area contributed by atoms with Gasteiger partial charge >= 0.3 is 0 Å². The van der Waals surface area contributed by atoms with Crippen molar-refractivity contribution in [1.82, 2.24) is 9.62 Å². The second-order valence-corrected chi connectivity index (χ2v) is 10.7. The van der Waals surface area contributed by atoms with E-state index in [2.05, 4.69) is 5.32 Å². The Morgan fingerprint density at radius 1 is 1.17 bits per heavy atom. The van der Waals surface area contributed by atoms with Crippen LogP contribution in [0.5, 0.6) is 5.75 Å². The summed E-state index contributed by atoms with van der Waals surface area (Å²) in [6, 6.07) is 11.8. The molecule has 2 heterocycles. The number of hydrogen-bond acceptors (Lipinski definition) is 4. The molecule has 1 N–H and O–H groups in total. The number of nitrogens with zero attached hydrogens (tertiary/aromatic N) is 1. The SMILES string of the molecule is CC1(C)C[C@@H](NC(=O)c2ccc(Cl)c(S(=O)(=O)N3CCCC3)c2)c2ccccc2O1. The number of fused-ring (bicyclic) bond motifs is 1. The van der Waals surface area contributed by atoms with E-state index in [1.54, 1.807) is 6.07 Å². The summed E-state index contributed by atoms with van der Waals surface area (Å²) in [4.78, 5) is 13.0. The number of hydrogen-bond donors (Lipinski definition) is 1. The summed E-state index contributed by atoms with van der Waals surface area (Å²) in [5.41, 5.74) is 0.735. The van der Waals surface area contributed by atoms with Crippen LogP contribution in [-0.2, 0) is 10.0 Å². The molecule has 0 radical (unpaired) electrons. The number of nitrogens with one attached hydrogen (secondary N) is 1. The Bertz CT molecular complexity index is 1080. The highest BCUT2D eigenvalue weighted by atomic mass is 35.5. The summed E-state index contributed by atoms with van der Waals surface area (Å²) in [6.07, 6.45) is 2.26. The van der Waals surface area contributed by atoms with Crippen molar-refractivity contribution in [2.45, 2.75) is 49.6 Å². The molecule has 0 aromatic heterocycles. The molecule has 6 nitrogen and oxygen atoms in total. The predicted octanol–water partition coefficient (Wildman–Crippen LogP) is 4.16. The molecule has 8 heteroatoms. The third kappa shape index (κ3) is 4.06. The van der Waals surface area contributed by atoms with Crippen LogP contribution in [0.2, 0.25) is 5.02 Å². The standard InChI is InChI=1S/C22H25ClN2O4S/c1-22(2)14-18(16-7-3-4-8-19(16)29-22)24-21(26)15-9-10-17(23)20(13-15)30(27,28)25-11-5-6-12-25/h3-4,7-10,13,18H,5-6,11-12,14H2,1-2H3,(H,24,26)/t18-/m1/s1. The Kier molecular flexibility index (Phi) is 5.55. The number of carbonyl (C=O) groups is 1. The minimum absolute atomic E-state index is 0.0218. The van der Waals surface area contributed by atoms with Crippen molar-refractivity contribution in [3.05, 3.63) is 58.6 Å². The van der Waals surface area contributed by atoms with Gasteiger partial charge in [0.2, 0.25) is 10.0 Å². The van der Waals surface area contributed by atoms with Crippen LogP contribution in [0, 0.1) is 0 Å². The van der Waals surface area contributed by atoms with Crippen molar-refractivity contribution < 1.29 is 17.9 Å². The van der Waals surface area contributed by atoms with E-state index in [9.17, 15) is 13.2 Å². The summed E-state index contributed by atoms with van der Waals surface area (Å²) in [6.45, 7) is 4.91. The van der Waals surface area contributed by atoms with Crippen LogP contribution >= 0.6 is 11.6 Å². The van der Waals surface area contributed by atoms with Gasteiger partial charge in [-0.05, 0) is 51.0 Å². The van der Waals surface area contributed by atoms with Crippen LogP contribution in [0.4, 0.5) is 0 Å². The first kappa shape index (κ1) is 21.2.